The fraction of sp³-hybridized carbons (Fsp3) is 1.00. The van der Waals surface area contributed by atoms with E-state index in [2.05, 4.69) is 13.8 Å². The zero-order valence-corrected chi connectivity index (χ0v) is 15.5. The van der Waals surface area contributed by atoms with Gasteiger partial charge in [0.1, 0.15) is 0 Å². The molecule has 0 aromatic heterocycles. The van der Waals surface area contributed by atoms with Crippen LogP contribution in [0.3, 0.4) is 0 Å². The molecule has 0 bridgehead atoms. The van der Waals surface area contributed by atoms with Crippen LogP contribution < -0.4 is 5.73 Å². The van der Waals surface area contributed by atoms with E-state index in [4.69, 9.17) is 24.1 Å². The lowest BCUT2D eigenvalue weighted by atomic mass is 9.91. The topological polar surface area (TPSA) is 73.9 Å². The second kappa shape index (κ2) is 10.7. The third-order valence-electron chi connectivity index (χ3n) is 3.54. The average Bonchev–Trinajstić information content (AvgIpc) is 2.44. The quantitative estimate of drug-likeness (QED) is 0.510. The monoisotopic (exact) mass is 321 g/mol. The predicted molar refractivity (Wildman–Crippen MR) is 88.1 cm³/mol. The number of rotatable bonds is 13. The van der Waals surface area contributed by atoms with E-state index >= 15 is 0 Å². The molecule has 0 spiro atoms. The minimum Gasteiger partial charge on any atom is -0.396 e. The highest BCUT2D eigenvalue weighted by Gasteiger charge is 2.43. The first kappa shape index (κ1) is 21.0. The van der Waals surface area contributed by atoms with Gasteiger partial charge in [-0.2, -0.15) is 0 Å². The number of aliphatic hydroxyl groups excluding tert-OH is 1. The Bertz CT molecular complexity index is 258. The molecule has 5 nitrogen and oxygen atoms in total. The van der Waals surface area contributed by atoms with E-state index in [1.54, 1.807) is 0 Å². The summed E-state index contributed by atoms with van der Waals surface area (Å²) < 4.78 is 18.1. The maximum absolute atomic E-state index is 8.94. The molecule has 0 aliphatic rings. The Balaban J connectivity index is 4.79. The molecule has 6 heteroatoms. The number of nitrogens with two attached hydrogens (primary N) is 1. The van der Waals surface area contributed by atoms with E-state index < -0.39 is 8.80 Å². The highest BCUT2D eigenvalue weighted by Crippen LogP contribution is 2.29. The SMILES string of the molecule is CCO[Si](CCC(C)(C)CN)(OCC)OC(C)CCCO. The summed E-state index contributed by atoms with van der Waals surface area (Å²) in [5.74, 6) is 0. The second-order valence-corrected chi connectivity index (χ2v) is 8.89. The molecular formula is C15H35NO4Si. The second-order valence-electron chi connectivity index (χ2n) is 6.21. The maximum atomic E-state index is 8.94. The van der Waals surface area contributed by atoms with Crippen LogP contribution in [-0.4, -0.2) is 46.4 Å². The molecule has 3 N–H and O–H groups in total. The van der Waals surface area contributed by atoms with Crippen molar-refractivity contribution in [1.29, 1.82) is 0 Å². The molecule has 1 unspecified atom stereocenters. The summed E-state index contributed by atoms with van der Waals surface area (Å²) >= 11 is 0. The summed E-state index contributed by atoms with van der Waals surface area (Å²) in [4.78, 5) is 0. The number of hydrogen-bond acceptors (Lipinski definition) is 5. The molecular weight excluding hydrogens is 286 g/mol. The Morgan fingerprint density at radius 1 is 1.19 bits per heavy atom. The molecule has 0 saturated carbocycles. The van der Waals surface area contributed by atoms with Crippen molar-refractivity contribution < 1.29 is 18.4 Å². The van der Waals surface area contributed by atoms with Crippen LogP contribution in [0.25, 0.3) is 0 Å². The third-order valence-corrected chi connectivity index (χ3v) is 6.62. The molecule has 0 amide bonds. The van der Waals surface area contributed by atoms with Crippen molar-refractivity contribution in [1.82, 2.24) is 0 Å². The van der Waals surface area contributed by atoms with Crippen molar-refractivity contribution >= 4 is 8.80 Å². The van der Waals surface area contributed by atoms with Crippen LogP contribution in [0, 0.1) is 5.41 Å². The van der Waals surface area contributed by atoms with E-state index in [-0.39, 0.29) is 18.1 Å². The Labute approximate surface area is 131 Å². The van der Waals surface area contributed by atoms with E-state index in [1.165, 1.54) is 0 Å². The Hall–Kier alpha value is 0.0169. The van der Waals surface area contributed by atoms with Crippen LogP contribution in [0.4, 0.5) is 0 Å². The third kappa shape index (κ3) is 8.90. The smallest absolute Gasteiger partial charge is 0.396 e. The molecule has 0 aliphatic heterocycles. The lowest BCUT2D eigenvalue weighted by molar-refractivity contribution is 0.0309. The van der Waals surface area contributed by atoms with Gasteiger partial charge in [-0.25, -0.2) is 0 Å². The van der Waals surface area contributed by atoms with Crippen LogP contribution in [0.2, 0.25) is 6.04 Å². The van der Waals surface area contributed by atoms with E-state index in [0.717, 1.165) is 25.3 Å². The normalized spacial score (nSPS) is 14.4. The van der Waals surface area contributed by atoms with Crippen molar-refractivity contribution in [3.8, 4) is 0 Å². The molecule has 0 aromatic carbocycles. The molecule has 0 fully saturated rings. The molecule has 0 saturated heterocycles. The summed E-state index contributed by atoms with van der Waals surface area (Å²) in [6.07, 6.45) is 2.50. The molecule has 0 aliphatic carbocycles. The van der Waals surface area contributed by atoms with Gasteiger partial charge in [0.25, 0.3) is 0 Å². The minimum atomic E-state index is -2.67. The standard InChI is InChI=1S/C15H35NO4Si/c1-6-18-21(19-7-2,12-10-15(4,5)13-16)20-14(3)9-8-11-17/h14,17H,6-13,16H2,1-5H3. The first-order chi connectivity index (χ1) is 9.84. The molecule has 128 valence electrons. The fourth-order valence-corrected chi connectivity index (χ4v) is 5.31. The van der Waals surface area contributed by atoms with Gasteiger partial charge in [-0.05, 0) is 52.0 Å². The van der Waals surface area contributed by atoms with Gasteiger partial charge in [-0.15, -0.1) is 0 Å². The summed E-state index contributed by atoms with van der Waals surface area (Å²) in [6, 6.07) is 0.780. The highest BCUT2D eigenvalue weighted by molar-refractivity contribution is 6.60. The first-order valence-electron chi connectivity index (χ1n) is 8.11. The average molecular weight is 322 g/mol. The lowest BCUT2D eigenvalue weighted by Gasteiger charge is -2.34. The van der Waals surface area contributed by atoms with E-state index in [1.807, 2.05) is 20.8 Å². The van der Waals surface area contributed by atoms with Gasteiger partial charge >= 0.3 is 8.80 Å². The summed E-state index contributed by atoms with van der Waals surface area (Å²) in [5.41, 5.74) is 5.88. The largest absolute Gasteiger partial charge is 0.501 e. The lowest BCUT2D eigenvalue weighted by Crippen LogP contribution is -2.49. The Morgan fingerprint density at radius 2 is 1.76 bits per heavy atom. The van der Waals surface area contributed by atoms with Crippen LogP contribution in [0.5, 0.6) is 0 Å². The number of aliphatic hydroxyl groups is 1. The summed E-state index contributed by atoms with van der Waals surface area (Å²) in [7, 11) is -2.67. The van der Waals surface area contributed by atoms with Gasteiger partial charge in [-0.3, -0.25) is 0 Å². The zero-order valence-electron chi connectivity index (χ0n) is 14.5. The Morgan fingerprint density at radius 3 is 2.19 bits per heavy atom. The molecule has 0 radical (unpaired) electrons. The molecule has 1 atom stereocenters. The van der Waals surface area contributed by atoms with E-state index in [9.17, 15) is 0 Å². The highest BCUT2D eigenvalue weighted by atomic mass is 28.4. The Kier molecular flexibility index (Phi) is 10.7. The zero-order chi connectivity index (χ0) is 16.4. The van der Waals surface area contributed by atoms with Crippen LogP contribution >= 0.6 is 0 Å². The molecule has 0 aromatic rings. The minimum absolute atomic E-state index is 0.0305. The van der Waals surface area contributed by atoms with Crippen molar-refractivity contribution in [3.05, 3.63) is 0 Å². The summed E-state index contributed by atoms with van der Waals surface area (Å²) in [5, 5.41) is 8.94. The maximum Gasteiger partial charge on any atom is 0.501 e. The fourth-order valence-electron chi connectivity index (χ4n) is 2.09. The molecule has 21 heavy (non-hydrogen) atoms. The van der Waals surface area contributed by atoms with Gasteiger partial charge < -0.3 is 24.1 Å². The van der Waals surface area contributed by atoms with Gasteiger partial charge in [-0.1, -0.05) is 13.8 Å². The van der Waals surface area contributed by atoms with Gasteiger partial charge in [0, 0.05) is 32.0 Å². The van der Waals surface area contributed by atoms with Crippen LogP contribution in [0.1, 0.15) is 53.9 Å². The van der Waals surface area contributed by atoms with Gasteiger partial charge in [0.05, 0.1) is 0 Å². The molecule has 0 heterocycles. The first-order valence-corrected chi connectivity index (χ1v) is 10.0. The van der Waals surface area contributed by atoms with Crippen LogP contribution in [0.15, 0.2) is 0 Å². The van der Waals surface area contributed by atoms with E-state index in [0.29, 0.717) is 19.8 Å². The predicted octanol–water partition coefficient (Wildman–Crippen LogP) is 2.55. The van der Waals surface area contributed by atoms with Gasteiger partial charge in [0.2, 0.25) is 0 Å². The van der Waals surface area contributed by atoms with Crippen molar-refractivity contribution in [3.63, 3.8) is 0 Å². The van der Waals surface area contributed by atoms with Crippen molar-refractivity contribution in [2.75, 3.05) is 26.4 Å². The summed E-state index contributed by atoms with van der Waals surface area (Å²) in [6.45, 7) is 12.3. The number of hydrogen-bond donors (Lipinski definition) is 2. The van der Waals surface area contributed by atoms with Crippen LogP contribution in [-0.2, 0) is 13.3 Å². The van der Waals surface area contributed by atoms with Gasteiger partial charge in [0.15, 0.2) is 0 Å². The van der Waals surface area contributed by atoms with Crippen molar-refractivity contribution in [2.45, 2.75) is 66.0 Å². The van der Waals surface area contributed by atoms with Crippen molar-refractivity contribution in [2.24, 2.45) is 11.1 Å². The molecule has 0 rings (SSSR count).